The highest BCUT2D eigenvalue weighted by Crippen LogP contribution is 2.46. The average Bonchev–Trinajstić information content (AvgIpc) is 3.95. The number of alkyl carbamates (subject to hydrolysis) is 1. The van der Waals surface area contributed by atoms with Crippen molar-refractivity contribution in [3.8, 4) is 0 Å². The molecule has 3 N–H and O–H groups in total. The fraction of sp³-hybridized carbons (Fsp3) is 0.588. The molecule has 15 heteroatoms. The van der Waals surface area contributed by atoms with Crippen LogP contribution >= 0.6 is 0 Å². The summed E-state index contributed by atoms with van der Waals surface area (Å²) in [6, 6.07) is 3.49. The predicted molar refractivity (Wildman–Crippen MR) is 176 cm³/mol. The Labute approximate surface area is 285 Å². The lowest BCUT2D eigenvalue weighted by Crippen LogP contribution is -2.58. The molecule has 4 aliphatic rings. The summed E-state index contributed by atoms with van der Waals surface area (Å²) < 4.78 is 38.7. The lowest BCUT2D eigenvalue weighted by Gasteiger charge is -2.30. The quantitative estimate of drug-likeness (QED) is 0.216. The Kier molecular flexibility index (Phi) is 10.5. The summed E-state index contributed by atoms with van der Waals surface area (Å²) in [6.07, 6.45) is 6.55. The van der Waals surface area contributed by atoms with Crippen molar-refractivity contribution in [1.82, 2.24) is 20.3 Å². The van der Waals surface area contributed by atoms with Gasteiger partial charge in [0.1, 0.15) is 35.6 Å². The molecule has 2 saturated carbocycles. The summed E-state index contributed by atoms with van der Waals surface area (Å²) in [4.78, 5) is 80.0. The van der Waals surface area contributed by atoms with E-state index in [2.05, 4.69) is 15.4 Å². The largest absolute Gasteiger partial charge is 0.457 e. The van der Waals surface area contributed by atoms with E-state index in [1.165, 1.54) is 29.2 Å². The maximum absolute atomic E-state index is 14.2. The Morgan fingerprint density at radius 3 is 2.41 bits per heavy atom. The van der Waals surface area contributed by atoms with E-state index in [4.69, 9.17) is 9.47 Å². The molecule has 0 bridgehead atoms. The van der Waals surface area contributed by atoms with Gasteiger partial charge in [0.25, 0.3) is 5.91 Å². The van der Waals surface area contributed by atoms with Crippen LogP contribution in [0, 0.1) is 5.92 Å². The van der Waals surface area contributed by atoms with Crippen LogP contribution in [-0.2, 0) is 33.9 Å². The SMILES string of the molecule is CC(C)(C)OC(=O)NC1CCCCCC=CC2CC2(C(=O)NS(=O)(=O)C2CC2)NC(=O)C2CC(OC(=O)c3ccc(C=O)cc3)CN2C1=O. The predicted octanol–water partition coefficient (Wildman–Crippen LogP) is 2.52. The molecule has 4 amide bonds. The van der Waals surface area contributed by atoms with E-state index in [1.807, 2.05) is 12.2 Å². The van der Waals surface area contributed by atoms with Crippen molar-refractivity contribution in [2.75, 3.05) is 6.54 Å². The summed E-state index contributed by atoms with van der Waals surface area (Å²) in [7, 11) is -3.91. The molecule has 1 aromatic rings. The molecule has 2 heterocycles. The molecule has 1 saturated heterocycles. The van der Waals surface area contributed by atoms with Gasteiger partial charge in [0.05, 0.1) is 17.4 Å². The zero-order valence-corrected chi connectivity index (χ0v) is 28.8. The van der Waals surface area contributed by atoms with Crippen LogP contribution < -0.4 is 15.4 Å². The second kappa shape index (κ2) is 14.3. The molecule has 49 heavy (non-hydrogen) atoms. The molecule has 0 aromatic heterocycles. The summed E-state index contributed by atoms with van der Waals surface area (Å²) in [5.41, 5.74) is -1.85. The smallest absolute Gasteiger partial charge is 0.408 e. The van der Waals surface area contributed by atoms with Crippen molar-refractivity contribution in [2.24, 2.45) is 5.92 Å². The standard InChI is InChI=1S/C34H44N4O10S/c1-33(2,3)48-32(44)35-26-10-8-6-4-5-7-9-23-18-34(23,31(43)37-49(45,46)25-15-16-25)36-28(40)27-17-24(19-38(27)29(26)41)47-30(42)22-13-11-21(20-39)12-14-22/h7,9,11-14,20,23-27H,4-6,8,10,15-19H2,1-3H3,(H,35,44)(H,36,40)(H,37,43). The van der Waals surface area contributed by atoms with E-state index >= 15 is 0 Å². The maximum Gasteiger partial charge on any atom is 0.408 e. The lowest BCUT2D eigenvalue weighted by molar-refractivity contribution is -0.141. The number of ether oxygens (including phenoxy) is 2. The minimum atomic E-state index is -3.91. The summed E-state index contributed by atoms with van der Waals surface area (Å²) >= 11 is 0. The van der Waals surface area contributed by atoms with Gasteiger partial charge in [-0.15, -0.1) is 0 Å². The van der Waals surface area contributed by atoms with E-state index in [0.717, 1.165) is 12.8 Å². The third kappa shape index (κ3) is 8.86. The minimum Gasteiger partial charge on any atom is -0.457 e. The second-order valence-corrected chi connectivity index (χ2v) is 16.2. The monoisotopic (exact) mass is 700 g/mol. The maximum atomic E-state index is 14.2. The van der Waals surface area contributed by atoms with Gasteiger partial charge in [0, 0.05) is 17.9 Å². The first-order chi connectivity index (χ1) is 23.1. The molecule has 1 aromatic carbocycles. The van der Waals surface area contributed by atoms with Crippen LogP contribution in [0.15, 0.2) is 36.4 Å². The molecule has 0 spiro atoms. The molecular weight excluding hydrogens is 656 g/mol. The van der Waals surface area contributed by atoms with Crippen LogP contribution in [-0.4, -0.2) is 90.5 Å². The number of esters is 1. The number of sulfonamides is 1. The van der Waals surface area contributed by atoms with Crippen molar-refractivity contribution in [3.63, 3.8) is 0 Å². The number of nitrogens with one attached hydrogen (secondary N) is 3. The molecule has 2 aliphatic carbocycles. The highest BCUT2D eigenvalue weighted by molar-refractivity contribution is 7.91. The molecule has 14 nitrogen and oxygen atoms in total. The van der Waals surface area contributed by atoms with E-state index in [-0.39, 0.29) is 31.4 Å². The van der Waals surface area contributed by atoms with Gasteiger partial charge in [-0.05, 0) is 71.4 Å². The molecule has 5 unspecified atom stereocenters. The van der Waals surface area contributed by atoms with Crippen molar-refractivity contribution in [3.05, 3.63) is 47.5 Å². The Balaban J connectivity index is 1.42. The fourth-order valence-electron chi connectivity index (χ4n) is 6.21. The second-order valence-electron chi connectivity index (χ2n) is 14.2. The third-order valence-electron chi connectivity index (χ3n) is 9.09. The first kappa shape index (κ1) is 36.0. The van der Waals surface area contributed by atoms with Crippen molar-refractivity contribution < 1.29 is 46.7 Å². The Morgan fingerprint density at radius 1 is 1.04 bits per heavy atom. The first-order valence-electron chi connectivity index (χ1n) is 16.7. The zero-order chi connectivity index (χ0) is 35.6. The van der Waals surface area contributed by atoms with Crippen LogP contribution in [0.5, 0.6) is 0 Å². The fourth-order valence-corrected chi connectivity index (χ4v) is 7.58. The molecule has 3 fully saturated rings. The van der Waals surface area contributed by atoms with Crippen molar-refractivity contribution >= 4 is 46.1 Å². The lowest BCUT2D eigenvalue weighted by atomic mass is 10.0. The van der Waals surface area contributed by atoms with Gasteiger partial charge in [-0.25, -0.2) is 18.0 Å². The number of benzene rings is 1. The zero-order valence-electron chi connectivity index (χ0n) is 27.9. The topological polar surface area (TPSA) is 194 Å². The highest BCUT2D eigenvalue weighted by Gasteiger charge is 2.62. The van der Waals surface area contributed by atoms with E-state index in [1.54, 1.807) is 20.8 Å². The molecule has 5 rings (SSSR count). The van der Waals surface area contributed by atoms with Crippen LogP contribution in [0.1, 0.15) is 99.3 Å². The Bertz CT molecular complexity index is 1620. The minimum absolute atomic E-state index is 0.118. The summed E-state index contributed by atoms with van der Waals surface area (Å²) in [5.74, 6) is -3.34. The van der Waals surface area contributed by atoms with Gasteiger partial charge in [-0.3, -0.25) is 23.9 Å². The normalized spacial score (nSPS) is 27.7. The number of hydrogen-bond acceptors (Lipinski definition) is 10. The number of fused-ring (bicyclic) bond motifs is 2. The summed E-state index contributed by atoms with van der Waals surface area (Å²) in [5, 5.41) is 4.77. The number of amides is 4. The number of aldehydes is 1. The Morgan fingerprint density at radius 2 is 1.76 bits per heavy atom. The number of hydrogen-bond donors (Lipinski definition) is 3. The van der Waals surface area contributed by atoms with Gasteiger partial charge in [-0.2, -0.15) is 0 Å². The Hall–Kier alpha value is -4.27. The van der Waals surface area contributed by atoms with Crippen molar-refractivity contribution in [1.29, 1.82) is 0 Å². The van der Waals surface area contributed by atoms with Gasteiger partial charge in [-0.1, -0.05) is 37.1 Å². The van der Waals surface area contributed by atoms with Gasteiger partial charge < -0.3 is 25.0 Å². The number of nitrogens with zero attached hydrogens (tertiary/aromatic N) is 1. The number of carbonyl (C=O) groups excluding carboxylic acids is 6. The summed E-state index contributed by atoms with van der Waals surface area (Å²) in [6.45, 7) is 4.90. The number of carbonyl (C=O) groups is 6. The number of rotatable bonds is 7. The van der Waals surface area contributed by atoms with Gasteiger partial charge in [0.15, 0.2) is 0 Å². The van der Waals surface area contributed by atoms with E-state index in [9.17, 15) is 37.2 Å². The number of allylic oxidation sites excluding steroid dienone is 1. The van der Waals surface area contributed by atoms with Crippen LogP contribution in [0.3, 0.4) is 0 Å². The first-order valence-corrected chi connectivity index (χ1v) is 18.3. The third-order valence-corrected chi connectivity index (χ3v) is 10.9. The average molecular weight is 701 g/mol. The van der Waals surface area contributed by atoms with Gasteiger partial charge in [0.2, 0.25) is 21.8 Å². The van der Waals surface area contributed by atoms with Crippen LogP contribution in [0.2, 0.25) is 0 Å². The molecular formula is C34H44N4O10S. The van der Waals surface area contributed by atoms with E-state index in [0.29, 0.717) is 37.5 Å². The van der Waals surface area contributed by atoms with Gasteiger partial charge >= 0.3 is 12.1 Å². The van der Waals surface area contributed by atoms with E-state index < -0.39 is 80.3 Å². The molecule has 0 radical (unpaired) electrons. The van der Waals surface area contributed by atoms with Crippen LogP contribution in [0.25, 0.3) is 0 Å². The highest BCUT2D eigenvalue weighted by atomic mass is 32.2. The molecule has 2 aliphatic heterocycles. The molecule has 5 atom stereocenters. The van der Waals surface area contributed by atoms with Crippen LogP contribution in [0.4, 0.5) is 4.79 Å². The molecule has 266 valence electrons. The van der Waals surface area contributed by atoms with Crippen molar-refractivity contribution in [2.45, 2.75) is 113 Å².